The second-order valence-corrected chi connectivity index (χ2v) is 14.9. The maximum Gasteiger partial charge on any atom is 0.145 e. The quantitative estimate of drug-likeness (QED) is 0.196. The molecule has 2 aromatic heterocycles. The smallest absolute Gasteiger partial charge is 0.145 e. The van der Waals surface area contributed by atoms with Gasteiger partial charge in [0, 0.05) is 44.6 Å². The highest BCUT2D eigenvalue weighted by molar-refractivity contribution is 6.19. The molecule has 6 aromatic carbocycles. The molecule has 2 heterocycles. The van der Waals surface area contributed by atoms with Gasteiger partial charge in [0.25, 0.3) is 0 Å². The first-order valence-corrected chi connectivity index (χ1v) is 17.3. The minimum Gasteiger partial charge on any atom is -0.456 e. The molecule has 8 aromatic rings. The number of furan rings is 2. The van der Waals surface area contributed by atoms with Gasteiger partial charge < -0.3 is 13.7 Å². The van der Waals surface area contributed by atoms with Crippen LogP contribution in [0.4, 0.5) is 17.1 Å². The van der Waals surface area contributed by atoms with E-state index >= 15 is 0 Å². The van der Waals surface area contributed by atoms with E-state index in [1.807, 2.05) is 6.07 Å². The average molecular weight is 624 g/mol. The number of nitrogens with zero attached hydrogens (tertiary/aromatic N) is 1. The topological polar surface area (TPSA) is 29.5 Å². The van der Waals surface area contributed by atoms with Gasteiger partial charge in [0.05, 0.1) is 11.1 Å². The lowest BCUT2D eigenvalue weighted by Crippen LogP contribution is -2.21. The van der Waals surface area contributed by atoms with Crippen LogP contribution >= 0.6 is 0 Å². The van der Waals surface area contributed by atoms with Crippen molar-refractivity contribution < 1.29 is 8.83 Å². The van der Waals surface area contributed by atoms with Gasteiger partial charge in [0.15, 0.2) is 0 Å². The van der Waals surface area contributed by atoms with Crippen molar-refractivity contribution in [3.63, 3.8) is 0 Å². The molecular weight excluding hydrogens is 587 g/mol. The summed E-state index contributed by atoms with van der Waals surface area (Å²) in [6.07, 6.45) is 4.80. The average Bonchev–Trinajstić information content (AvgIpc) is 3.88. The fourth-order valence-electron chi connectivity index (χ4n) is 8.87. The molecule has 0 radical (unpaired) electrons. The van der Waals surface area contributed by atoms with Crippen LogP contribution in [0, 0.1) is 0 Å². The lowest BCUT2D eigenvalue weighted by molar-refractivity contribution is 0.549. The predicted molar refractivity (Wildman–Crippen MR) is 199 cm³/mol. The van der Waals surface area contributed by atoms with Gasteiger partial charge in [0.2, 0.25) is 0 Å². The standard InChI is InChI=1S/C45H37NO2/c1-44(2,3)28-18-20-29(21-19-28)46(30-22-23-32-31-12-5-8-16-38(31)47-40(32)26-30)37-27-36-41(43-42(37)34-14-6-9-17-39(34)48-43)33-13-4-7-15-35(33)45(36)24-10-11-25-45/h4-9,12-23,26-27H,10-11,24-25H2,1-3H3. The van der Waals surface area contributed by atoms with E-state index in [4.69, 9.17) is 8.83 Å². The summed E-state index contributed by atoms with van der Waals surface area (Å²) in [6, 6.07) is 44.3. The summed E-state index contributed by atoms with van der Waals surface area (Å²) in [5.41, 5.74) is 13.9. The van der Waals surface area contributed by atoms with Gasteiger partial charge >= 0.3 is 0 Å². The molecule has 0 N–H and O–H groups in total. The molecule has 1 fully saturated rings. The normalized spacial score (nSPS) is 15.2. The van der Waals surface area contributed by atoms with E-state index < -0.39 is 0 Å². The Hall–Kier alpha value is -5.28. The van der Waals surface area contributed by atoms with Crippen molar-refractivity contribution in [3.8, 4) is 11.1 Å². The van der Waals surface area contributed by atoms with Crippen molar-refractivity contribution in [2.45, 2.75) is 57.3 Å². The number of anilines is 3. The van der Waals surface area contributed by atoms with Crippen LogP contribution in [0.25, 0.3) is 55.0 Å². The van der Waals surface area contributed by atoms with Crippen LogP contribution in [-0.4, -0.2) is 0 Å². The molecule has 1 saturated carbocycles. The summed E-state index contributed by atoms with van der Waals surface area (Å²) >= 11 is 0. The Labute approximate surface area is 280 Å². The third-order valence-corrected chi connectivity index (χ3v) is 11.2. The molecule has 0 saturated heterocycles. The van der Waals surface area contributed by atoms with E-state index in [-0.39, 0.29) is 10.8 Å². The second-order valence-electron chi connectivity index (χ2n) is 14.9. The van der Waals surface area contributed by atoms with Crippen molar-refractivity contribution in [1.29, 1.82) is 0 Å². The molecule has 10 rings (SSSR count). The highest BCUT2D eigenvalue weighted by atomic mass is 16.3. The maximum atomic E-state index is 6.95. The molecule has 0 aliphatic heterocycles. The van der Waals surface area contributed by atoms with Crippen LogP contribution in [-0.2, 0) is 10.8 Å². The second kappa shape index (κ2) is 9.87. The van der Waals surface area contributed by atoms with E-state index in [0.717, 1.165) is 73.8 Å². The van der Waals surface area contributed by atoms with E-state index in [2.05, 4.69) is 141 Å². The zero-order chi connectivity index (χ0) is 32.2. The summed E-state index contributed by atoms with van der Waals surface area (Å²) in [6.45, 7) is 6.82. The lowest BCUT2D eigenvalue weighted by Gasteiger charge is -2.31. The summed E-state index contributed by atoms with van der Waals surface area (Å²) in [5, 5.41) is 4.56. The fourth-order valence-corrected chi connectivity index (χ4v) is 8.87. The minimum atomic E-state index is -0.00169. The van der Waals surface area contributed by atoms with Gasteiger partial charge in [-0.1, -0.05) is 106 Å². The van der Waals surface area contributed by atoms with Gasteiger partial charge in [-0.15, -0.1) is 0 Å². The summed E-state index contributed by atoms with van der Waals surface area (Å²) in [5.74, 6) is 0. The van der Waals surface area contributed by atoms with Crippen molar-refractivity contribution >= 4 is 60.9 Å². The number of benzene rings is 6. The van der Waals surface area contributed by atoms with Crippen LogP contribution in [0.2, 0.25) is 0 Å². The zero-order valence-corrected chi connectivity index (χ0v) is 27.6. The molecule has 1 spiro atoms. The molecule has 2 aliphatic carbocycles. The van der Waals surface area contributed by atoms with Crippen LogP contribution in [0.1, 0.15) is 63.1 Å². The summed E-state index contributed by atoms with van der Waals surface area (Å²) in [4.78, 5) is 2.44. The van der Waals surface area contributed by atoms with Crippen molar-refractivity contribution in [1.82, 2.24) is 0 Å². The van der Waals surface area contributed by atoms with Crippen molar-refractivity contribution in [3.05, 3.63) is 138 Å². The molecule has 0 bridgehead atoms. The number of rotatable bonds is 3. The Kier molecular flexibility index (Phi) is 5.72. The zero-order valence-electron chi connectivity index (χ0n) is 27.6. The molecule has 234 valence electrons. The van der Waals surface area contributed by atoms with E-state index in [0.29, 0.717) is 0 Å². The molecule has 3 nitrogen and oxygen atoms in total. The number of hydrogen-bond donors (Lipinski definition) is 0. The Bertz CT molecular complexity index is 2550. The van der Waals surface area contributed by atoms with Gasteiger partial charge in [-0.25, -0.2) is 0 Å². The molecule has 0 unspecified atom stereocenters. The third-order valence-electron chi connectivity index (χ3n) is 11.2. The van der Waals surface area contributed by atoms with Crippen LogP contribution in [0.5, 0.6) is 0 Å². The molecular formula is C45H37NO2. The first kappa shape index (κ1) is 27.8. The fraction of sp³-hybridized carbons (Fsp3) is 0.200. The third kappa shape index (κ3) is 3.82. The van der Waals surface area contributed by atoms with Crippen LogP contribution < -0.4 is 4.90 Å². The first-order valence-electron chi connectivity index (χ1n) is 17.3. The van der Waals surface area contributed by atoms with Gasteiger partial charge in [-0.3, -0.25) is 0 Å². The van der Waals surface area contributed by atoms with E-state index in [9.17, 15) is 0 Å². The first-order chi connectivity index (χ1) is 23.4. The Morgan fingerprint density at radius 2 is 1.23 bits per heavy atom. The van der Waals surface area contributed by atoms with Gasteiger partial charge in [-0.05, 0) is 83.0 Å². The SMILES string of the molecule is CC(C)(C)c1ccc(N(c2ccc3c(c2)oc2ccccc23)c2cc3c(c4oc5ccccc5c24)-c2ccccc2C32CCCC2)cc1. The number of para-hydroxylation sites is 2. The van der Waals surface area contributed by atoms with Gasteiger partial charge in [-0.2, -0.15) is 0 Å². The monoisotopic (exact) mass is 623 g/mol. The summed E-state index contributed by atoms with van der Waals surface area (Å²) in [7, 11) is 0. The number of fused-ring (bicyclic) bond motifs is 12. The molecule has 3 heteroatoms. The minimum absolute atomic E-state index is 0.00169. The molecule has 48 heavy (non-hydrogen) atoms. The Morgan fingerprint density at radius 3 is 2.00 bits per heavy atom. The summed E-state index contributed by atoms with van der Waals surface area (Å²) < 4.78 is 13.4. The molecule has 2 aliphatic rings. The molecule has 0 atom stereocenters. The van der Waals surface area contributed by atoms with E-state index in [1.165, 1.54) is 40.7 Å². The Morgan fingerprint density at radius 1 is 0.583 bits per heavy atom. The van der Waals surface area contributed by atoms with E-state index in [1.54, 1.807) is 0 Å². The van der Waals surface area contributed by atoms with Crippen molar-refractivity contribution in [2.24, 2.45) is 0 Å². The maximum absolute atomic E-state index is 6.95. The lowest BCUT2D eigenvalue weighted by atomic mass is 9.76. The predicted octanol–water partition coefficient (Wildman–Crippen LogP) is 13.1. The number of hydrogen-bond acceptors (Lipinski definition) is 3. The highest BCUT2D eigenvalue weighted by Crippen LogP contribution is 2.61. The van der Waals surface area contributed by atoms with Crippen LogP contribution in [0.15, 0.2) is 130 Å². The van der Waals surface area contributed by atoms with Crippen LogP contribution in [0.3, 0.4) is 0 Å². The van der Waals surface area contributed by atoms with Crippen molar-refractivity contribution in [2.75, 3.05) is 4.90 Å². The largest absolute Gasteiger partial charge is 0.456 e. The van der Waals surface area contributed by atoms with Gasteiger partial charge in [0.1, 0.15) is 22.3 Å². The highest BCUT2D eigenvalue weighted by Gasteiger charge is 2.47. The Balaban J connectivity index is 1.31. The molecule has 0 amide bonds.